The van der Waals surface area contributed by atoms with Crippen LogP contribution in [0.15, 0.2) is 41.0 Å². The third kappa shape index (κ3) is 3.28. The molecule has 0 saturated heterocycles. The fraction of sp³-hybridized carbons (Fsp3) is 0.214. The van der Waals surface area contributed by atoms with Gasteiger partial charge in [-0.15, -0.1) is 0 Å². The molecule has 0 fully saturated rings. The summed E-state index contributed by atoms with van der Waals surface area (Å²) in [6.45, 7) is 0. The second-order valence-corrected chi connectivity index (χ2v) is 3.87. The summed E-state index contributed by atoms with van der Waals surface area (Å²) in [6.07, 6.45) is 1.72. The van der Waals surface area contributed by atoms with E-state index in [1.165, 1.54) is 13.4 Å². The molecule has 5 heteroatoms. The Bertz CT molecular complexity index is 549. The summed E-state index contributed by atoms with van der Waals surface area (Å²) in [5, 5.41) is 2.77. The number of methoxy groups -OCH3 is 2. The molecule has 2 aromatic rings. The van der Waals surface area contributed by atoms with Crippen LogP contribution in [0.25, 0.3) is 0 Å². The predicted octanol–water partition coefficient (Wildman–Crippen LogP) is 2.48. The van der Waals surface area contributed by atoms with Gasteiger partial charge in [0.1, 0.15) is 17.3 Å². The molecule has 0 spiro atoms. The second-order valence-electron chi connectivity index (χ2n) is 3.87. The van der Waals surface area contributed by atoms with Gasteiger partial charge in [0.2, 0.25) is 5.91 Å². The molecule has 0 aliphatic rings. The number of hydrogen-bond acceptors (Lipinski definition) is 4. The largest absolute Gasteiger partial charge is 0.497 e. The molecule has 0 aliphatic heterocycles. The molecule has 0 aliphatic carbocycles. The minimum Gasteiger partial charge on any atom is -0.497 e. The minimum atomic E-state index is -0.168. The highest BCUT2D eigenvalue weighted by Crippen LogP contribution is 2.29. The van der Waals surface area contributed by atoms with Crippen molar-refractivity contribution < 1.29 is 18.7 Å². The highest BCUT2D eigenvalue weighted by atomic mass is 16.5. The zero-order chi connectivity index (χ0) is 13.7. The van der Waals surface area contributed by atoms with Crippen LogP contribution in [0.5, 0.6) is 11.5 Å². The fourth-order valence-corrected chi connectivity index (χ4v) is 1.67. The minimum absolute atomic E-state index is 0.168. The number of hydrogen-bond donors (Lipinski definition) is 1. The summed E-state index contributed by atoms with van der Waals surface area (Å²) < 4.78 is 15.4. The zero-order valence-corrected chi connectivity index (χ0v) is 10.8. The van der Waals surface area contributed by atoms with Crippen LogP contribution in [-0.4, -0.2) is 20.1 Å². The van der Waals surface area contributed by atoms with Gasteiger partial charge in [0.25, 0.3) is 0 Å². The van der Waals surface area contributed by atoms with Crippen molar-refractivity contribution in [3.05, 3.63) is 42.4 Å². The van der Waals surface area contributed by atoms with Crippen LogP contribution in [0.4, 0.5) is 5.69 Å². The first kappa shape index (κ1) is 13.0. The van der Waals surface area contributed by atoms with E-state index in [0.717, 1.165) is 0 Å². The summed E-state index contributed by atoms with van der Waals surface area (Å²) >= 11 is 0. The highest BCUT2D eigenvalue weighted by Gasteiger charge is 2.10. The van der Waals surface area contributed by atoms with Crippen LogP contribution in [-0.2, 0) is 11.2 Å². The molecule has 1 aromatic heterocycles. The molecule has 0 atom stereocenters. The van der Waals surface area contributed by atoms with Crippen LogP contribution in [0, 0.1) is 0 Å². The molecule has 2 rings (SSSR count). The topological polar surface area (TPSA) is 60.7 Å². The molecule has 5 nitrogen and oxygen atoms in total. The van der Waals surface area contributed by atoms with E-state index in [2.05, 4.69) is 5.32 Å². The molecular weight excluding hydrogens is 246 g/mol. The van der Waals surface area contributed by atoms with E-state index in [0.29, 0.717) is 22.9 Å². The fourth-order valence-electron chi connectivity index (χ4n) is 1.67. The summed E-state index contributed by atoms with van der Waals surface area (Å²) in [6, 6.07) is 8.70. The Morgan fingerprint density at radius 3 is 2.74 bits per heavy atom. The Labute approximate surface area is 111 Å². The first-order valence-electron chi connectivity index (χ1n) is 5.77. The van der Waals surface area contributed by atoms with Crippen molar-refractivity contribution in [2.24, 2.45) is 0 Å². The van der Waals surface area contributed by atoms with Gasteiger partial charge in [-0.25, -0.2) is 0 Å². The van der Waals surface area contributed by atoms with Crippen molar-refractivity contribution in [3.63, 3.8) is 0 Å². The average molecular weight is 261 g/mol. The van der Waals surface area contributed by atoms with Gasteiger partial charge in [-0.3, -0.25) is 4.79 Å². The van der Waals surface area contributed by atoms with Gasteiger partial charge < -0.3 is 19.2 Å². The number of ether oxygens (including phenoxy) is 2. The van der Waals surface area contributed by atoms with E-state index in [4.69, 9.17) is 13.9 Å². The Kier molecular flexibility index (Phi) is 4.07. The third-order valence-electron chi connectivity index (χ3n) is 2.60. The van der Waals surface area contributed by atoms with E-state index in [-0.39, 0.29) is 12.3 Å². The summed E-state index contributed by atoms with van der Waals surface area (Å²) in [5.41, 5.74) is 0.597. The van der Waals surface area contributed by atoms with Crippen LogP contribution < -0.4 is 14.8 Å². The first-order valence-corrected chi connectivity index (χ1v) is 5.77. The van der Waals surface area contributed by atoms with Crippen molar-refractivity contribution in [2.75, 3.05) is 19.5 Å². The lowest BCUT2D eigenvalue weighted by atomic mass is 10.2. The van der Waals surface area contributed by atoms with Gasteiger partial charge in [0, 0.05) is 6.07 Å². The van der Waals surface area contributed by atoms with Crippen LogP contribution in [0.3, 0.4) is 0 Å². The molecule has 0 saturated carbocycles. The molecular formula is C14H15NO4. The number of nitrogens with one attached hydrogen (secondary N) is 1. The first-order chi connectivity index (χ1) is 9.22. The molecule has 100 valence electrons. The molecule has 0 radical (unpaired) electrons. The monoisotopic (exact) mass is 261 g/mol. The molecule has 1 N–H and O–H groups in total. The molecule has 0 unspecified atom stereocenters. The zero-order valence-electron chi connectivity index (χ0n) is 10.8. The van der Waals surface area contributed by atoms with E-state index >= 15 is 0 Å². The molecule has 1 heterocycles. The third-order valence-corrected chi connectivity index (χ3v) is 2.60. The Morgan fingerprint density at radius 1 is 1.26 bits per heavy atom. The van der Waals surface area contributed by atoms with Gasteiger partial charge >= 0.3 is 0 Å². The predicted molar refractivity (Wildman–Crippen MR) is 70.6 cm³/mol. The second kappa shape index (κ2) is 5.95. The Hall–Kier alpha value is -2.43. The van der Waals surface area contributed by atoms with Crippen molar-refractivity contribution in [1.29, 1.82) is 0 Å². The normalized spacial score (nSPS) is 10.0. The maximum absolute atomic E-state index is 11.8. The molecule has 1 aromatic carbocycles. The number of anilines is 1. The Balaban J connectivity index is 2.07. The van der Waals surface area contributed by atoms with Crippen molar-refractivity contribution >= 4 is 11.6 Å². The van der Waals surface area contributed by atoms with Crippen molar-refractivity contribution in [1.82, 2.24) is 0 Å². The van der Waals surface area contributed by atoms with Gasteiger partial charge in [0.15, 0.2) is 0 Å². The van der Waals surface area contributed by atoms with Gasteiger partial charge in [-0.2, -0.15) is 0 Å². The molecule has 1 amide bonds. The van der Waals surface area contributed by atoms with Crippen LogP contribution in [0.1, 0.15) is 5.76 Å². The van der Waals surface area contributed by atoms with Crippen LogP contribution >= 0.6 is 0 Å². The highest BCUT2D eigenvalue weighted by molar-refractivity contribution is 5.93. The SMILES string of the molecule is COc1ccc(NC(=O)Cc2ccco2)c(OC)c1. The summed E-state index contributed by atoms with van der Waals surface area (Å²) in [7, 11) is 3.11. The van der Waals surface area contributed by atoms with Gasteiger partial charge in [-0.1, -0.05) is 0 Å². The Morgan fingerprint density at radius 2 is 2.11 bits per heavy atom. The number of amides is 1. The van der Waals surface area contributed by atoms with Gasteiger partial charge in [-0.05, 0) is 24.3 Å². The number of carbonyl (C=O) groups is 1. The average Bonchev–Trinajstić information content (AvgIpc) is 2.91. The quantitative estimate of drug-likeness (QED) is 0.898. The lowest BCUT2D eigenvalue weighted by Gasteiger charge is -2.11. The van der Waals surface area contributed by atoms with E-state index in [1.807, 2.05) is 0 Å². The standard InChI is InChI=1S/C14H15NO4/c1-17-10-5-6-12(13(8-10)18-2)15-14(16)9-11-4-3-7-19-11/h3-8H,9H2,1-2H3,(H,15,16). The lowest BCUT2D eigenvalue weighted by molar-refractivity contribution is -0.115. The maximum Gasteiger partial charge on any atom is 0.232 e. The molecule has 0 bridgehead atoms. The number of benzene rings is 1. The van der Waals surface area contributed by atoms with Crippen molar-refractivity contribution in [3.8, 4) is 11.5 Å². The van der Waals surface area contributed by atoms with Crippen molar-refractivity contribution in [2.45, 2.75) is 6.42 Å². The van der Waals surface area contributed by atoms with E-state index in [9.17, 15) is 4.79 Å². The van der Waals surface area contributed by atoms with Gasteiger partial charge in [0.05, 0.1) is 32.6 Å². The molecule has 19 heavy (non-hydrogen) atoms. The number of rotatable bonds is 5. The number of furan rings is 1. The summed E-state index contributed by atoms with van der Waals surface area (Å²) in [4.78, 5) is 11.8. The lowest BCUT2D eigenvalue weighted by Crippen LogP contribution is -2.14. The smallest absolute Gasteiger partial charge is 0.232 e. The van der Waals surface area contributed by atoms with Crippen LogP contribution in [0.2, 0.25) is 0 Å². The summed E-state index contributed by atoms with van der Waals surface area (Å²) in [5.74, 6) is 1.66. The number of carbonyl (C=O) groups excluding carboxylic acids is 1. The van der Waals surface area contributed by atoms with E-state index < -0.39 is 0 Å². The maximum atomic E-state index is 11.8. The van der Waals surface area contributed by atoms with E-state index in [1.54, 1.807) is 37.4 Å².